The van der Waals surface area contributed by atoms with Gasteiger partial charge >= 0.3 is 0 Å². The summed E-state index contributed by atoms with van der Waals surface area (Å²) < 4.78 is 0. The minimum absolute atomic E-state index is 0.0115. The number of hydrogen-bond donors (Lipinski definition) is 1. The van der Waals surface area contributed by atoms with Gasteiger partial charge in [-0.2, -0.15) is 11.8 Å². The fraction of sp³-hybridized carbons (Fsp3) is 0.562. The second kappa shape index (κ2) is 7.56. The molecule has 5 heteroatoms. The van der Waals surface area contributed by atoms with Crippen LogP contribution in [0.25, 0.3) is 0 Å². The van der Waals surface area contributed by atoms with E-state index in [0.29, 0.717) is 5.25 Å². The summed E-state index contributed by atoms with van der Waals surface area (Å²) in [5.41, 5.74) is 1.17. The van der Waals surface area contributed by atoms with Gasteiger partial charge in [0, 0.05) is 16.7 Å². The van der Waals surface area contributed by atoms with Crippen molar-refractivity contribution in [3.05, 3.63) is 29.8 Å². The molecule has 0 aliphatic carbocycles. The van der Waals surface area contributed by atoms with Crippen LogP contribution in [0.3, 0.4) is 0 Å². The molecule has 1 amide bonds. The second-order valence-corrected chi connectivity index (χ2v) is 7.59. The van der Waals surface area contributed by atoms with E-state index in [1.165, 1.54) is 10.5 Å². The number of benzene rings is 1. The average Bonchev–Trinajstić information content (AvgIpc) is 2.80. The van der Waals surface area contributed by atoms with Gasteiger partial charge in [-0.3, -0.25) is 10.1 Å². The summed E-state index contributed by atoms with van der Waals surface area (Å²) in [4.78, 5) is 15.6. The predicted octanol–water partition coefficient (Wildman–Crippen LogP) is 3.37. The SMILES string of the molecule is CSc1ccc(C2NC(C)C(=O)N2CCC(C)SC)cc1. The molecule has 2 rings (SSSR count). The molecule has 21 heavy (non-hydrogen) atoms. The zero-order chi connectivity index (χ0) is 15.4. The van der Waals surface area contributed by atoms with E-state index in [9.17, 15) is 4.79 Å². The molecule has 1 aliphatic heterocycles. The van der Waals surface area contributed by atoms with Gasteiger partial charge in [-0.05, 0) is 43.6 Å². The van der Waals surface area contributed by atoms with Crippen LogP contribution >= 0.6 is 23.5 Å². The van der Waals surface area contributed by atoms with Crippen molar-refractivity contribution < 1.29 is 4.79 Å². The van der Waals surface area contributed by atoms with E-state index in [0.717, 1.165) is 13.0 Å². The quantitative estimate of drug-likeness (QED) is 0.813. The van der Waals surface area contributed by atoms with Crippen molar-refractivity contribution in [1.29, 1.82) is 0 Å². The van der Waals surface area contributed by atoms with Crippen LogP contribution in [-0.2, 0) is 4.79 Å². The fourth-order valence-electron chi connectivity index (χ4n) is 2.51. The van der Waals surface area contributed by atoms with Crippen molar-refractivity contribution >= 4 is 29.4 Å². The third-order valence-corrected chi connectivity index (χ3v) is 5.77. The van der Waals surface area contributed by atoms with Gasteiger partial charge < -0.3 is 4.90 Å². The lowest BCUT2D eigenvalue weighted by Crippen LogP contribution is -2.32. The van der Waals surface area contributed by atoms with Gasteiger partial charge in [0.1, 0.15) is 6.17 Å². The minimum Gasteiger partial charge on any atom is -0.322 e. The topological polar surface area (TPSA) is 32.3 Å². The molecule has 116 valence electrons. The Hall–Kier alpha value is -0.650. The highest BCUT2D eigenvalue weighted by molar-refractivity contribution is 7.99. The van der Waals surface area contributed by atoms with Crippen LogP contribution in [0.2, 0.25) is 0 Å². The fourth-order valence-corrected chi connectivity index (χ4v) is 3.26. The molecule has 1 heterocycles. The molecule has 1 aliphatic rings. The molecule has 1 aromatic carbocycles. The van der Waals surface area contributed by atoms with E-state index in [2.05, 4.69) is 49.0 Å². The Morgan fingerprint density at radius 1 is 1.29 bits per heavy atom. The molecule has 0 saturated carbocycles. The van der Waals surface area contributed by atoms with Gasteiger partial charge in [-0.25, -0.2) is 0 Å². The Labute approximate surface area is 136 Å². The number of nitrogens with zero attached hydrogens (tertiary/aromatic N) is 1. The van der Waals surface area contributed by atoms with Crippen molar-refractivity contribution in [2.24, 2.45) is 0 Å². The van der Waals surface area contributed by atoms with Gasteiger partial charge in [0.05, 0.1) is 6.04 Å². The largest absolute Gasteiger partial charge is 0.322 e. The second-order valence-electron chi connectivity index (χ2n) is 5.43. The molecule has 1 N–H and O–H groups in total. The summed E-state index contributed by atoms with van der Waals surface area (Å²) in [7, 11) is 0. The molecular formula is C16H24N2OS2. The van der Waals surface area contributed by atoms with Crippen LogP contribution in [0, 0.1) is 0 Å². The highest BCUT2D eigenvalue weighted by Gasteiger charge is 2.36. The smallest absolute Gasteiger partial charge is 0.241 e. The molecular weight excluding hydrogens is 300 g/mol. The molecule has 0 spiro atoms. The Bertz CT molecular complexity index is 478. The van der Waals surface area contributed by atoms with Crippen LogP contribution in [0.15, 0.2) is 29.2 Å². The molecule has 1 fully saturated rings. The maximum Gasteiger partial charge on any atom is 0.241 e. The van der Waals surface area contributed by atoms with E-state index >= 15 is 0 Å². The van der Waals surface area contributed by atoms with Gasteiger partial charge in [-0.1, -0.05) is 19.1 Å². The first-order chi connectivity index (χ1) is 10.1. The number of thioether (sulfide) groups is 2. The number of rotatable bonds is 6. The Kier molecular flexibility index (Phi) is 6.02. The summed E-state index contributed by atoms with van der Waals surface area (Å²) in [5.74, 6) is 0.210. The highest BCUT2D eigenvalue weighted by Crippen LogP contribution is 2.28. The molecule has 0 aromatic heterocycles. The summed E-state index contributed by atoms with van der Waals surface area (Å²) in [6, 6.07) is 8.40. The van der Waals surface area contributed by atoms with Crippen LogP contribution in [0.5, 0.6) is 0 Å². The maximum atomic E-state index is 12.4. The van der Waals surface area contributed by atoms with Crippen molar-refractivity contribution in [2.75, 3.05) is 19.1 Å². The predicted molar refractivity (Wildman–Crippen MR) is 92.9 cm³/mol. The summed E-state index contributed by atoms with van der Waals surface area (Å²) in [6.45, 7) is 4.97. The monoisotopic (exact) mass is 324 g/mol. The lowest BCUT2D eigenvalue weighted by atomic mass is 10.1. The molecule has 1 saturated heterocycles. The summed E-state index contributed by atoms with van der Waals surface area (Å²) >= 11 is 3.59. The van der Waals surface area contributed by atoms with Crippen LogP contribution in [-0.4, -0.2) is 41.2 Å². The summed E-state index contributed by atoms with van der Waals surface area (Å²) in [6.07, 6.45) is 5.23. The normalized spacial score (nSPS) is 23.6. The minimum atomic E-state index is -0.0974. The van der Waals surface area contributed by atoms with Crippen LogP contribution in [0.1, 0.15) is 32.0 Å². The van der Waals surface area contributed by atoms with Crippen molar-refractivity contribution in [3.8, 4) is 0 Å². The van der Waals surface area contributed by atoms with Gasteiger partial charge in [0.15, 0.2) is 0 Å². The van der Waals surface area contributed by atoms with Crippen molar-refractivity contribution in [2.45, 2.75) is 42.6 Å². The Morgan fingerprint density at radius 2 is 1.95 bits per heavy atom. The summed E-state index contributed by atoms with van der Waals surface area (Å²) in [5, 5.41) is 3.99. The van der Waals surface area contributed by atoms with E-state index in [1.807, 2.05) is 23.6 Å². The molecule has 3 nitrogen and oxygen atoms in total. The number of nitrogens with one attached hydrogen (secondary N) is 1. The van der Waals surface area contributed by atoms with Crippen LogP contribution < -0.4 is 5.32 Å². The van der Waals surface area contributed by atoms with Gasteiger partial charge in [0.25, 0.3) is 0 Å². The Balaban J connectivity index is 2.12. The Morgan fingerprint density at radius 3 is 2.52 bits per heavy atom. The number of hydrogen-bond acceptors (Lipinski definition) is 4. The van der Waals surface area contributed by atoms with Gasteiger partial charge in [-0.15, -0.1) is 11.8 Å². The average molecular weight is 325 g/mol. The van der Waals surface area contributed by atoms with E-state index in [1.54, 1.807) is 11.8 Å². The number of amides is 1. The van der Waals surface area contributed by atoms with Gasteiger partial charge in [0.2, 0.25) is 5.91 Å². The standard InChI is InChI=1S/C16H24N2OS2/c1-11(20-3)9-10-18-15(17-12(2)16(18)19)13-5-7-14(21-4)8-6-13/h5-8,11-12,15,17H,9-10H2,1-4H3. The third kappa shape index (κ3) is 3.96. The van der Waals surface area contributed by atoms with E-state index in [4.69, 9.17) is 0 Å². The number of carbonyl (C=O) groups is 1. The molecule has 3 atom stereocenters. The molecule has 1 aromatic rings. The highest BCUT2D eigenvalue weighted by atomic mass is 32.2. The van der Waals surface area contributed by atoms with Crippen molar-refractivity contribution in [1.82, 2.24) is 10.2 Å². The third-order valence-electron chi connectivity index (χ3n) is 3.98. The van der Waals surface area contributed by atoms with Crippen LogP contribution in [0.4, 0.5) is 0 Å². The van der Waals surface area contributed by atoms with Crippen molar-refractivity contribution in [3.63, 3.8) is 0 Å². The van der Waals surface area contributed by atoms with E-state index in [-0.39, 0.29) is 18.1 Å². The molecule has 3 unspecified atom stereocenters. The lowest BCUT2D eigenvalue weighted by Gasteiger charge is -2.25. The zero-order valence-electron chi connectivity index (χ0n) is 13.1. The lowest BCUT2D eigenvalue weighted by molar-refractivity contribution is -0.129. The first-order valence-electron chi connectivity index (χ1n) is 7.30. The zero-order valence-corrected chi connectivity index (χ0v) is 14.8. The van der Waals surface area contributed by atoms with E-state index < -0.39 is 0 Å². The maximum absolute atomic E-state index is 12.4. The first-order valence-corrected chi connectivity index (χ1v) is 9.81. The number of carbonyl (C=O) groups excluding carboxylic acids is 1. The molecule has 0 radical (unpaired) electrons. The molecule has 0 bridgehead atoms. The first kappa shape index (κ1) is 16.7.